The molecule has 0 unspecified atom stereocenters. The molecule has 0 spiro atoms. The fourth-order valence-electron chi connectivity index (χ4n) is 3.09. The molecule has 0 saturated carbocycles. The first-order valence-electron chi connectivity index (χ1n) is 7.25. The van der Waals surface area contributed by atoms with Crippen molar-refractivity contribution in [3.63, 3.8) is 0 Å². The molecule has 1 aliphatic heterocycles. The van der Waals surface area contributed by atoms with Crippen molar-refractivity contribution in [3.8, 4) is 0 Å². The lowest BCUT2D eigenvalue weighted by molar-refractivity contribution is 0.0696. The molecule has 110 valence electrons. The molecule has 3 heterocycles. The highest BCUT2D eigenvalue weighted by Gasteiger charge is 2.21. The number of fused-ring (bicyclic) bond motifs is 3. The number of aromatic amines is 1. The zero-order valence-electron chi connectivity index (χ0n) is 11.9. The van der Waals surface area contributed by atoms with Crippen molar-refractivity contribution in [2.45, 2.75) is 13.0 Å². The number of nitrogens with zero attached hydrogens (tertiary/aromatic N) is 2. The summed E-state index contributed by atoms with van der Waals surface area (Å²) in [7, 11) is 0. The van der Waals surface area contributed by atoms with Crippen LogP contribution in [0.2, 0.25) is 0 Å². The number of carbonyl (C=O) groups is 1. The van der Waals surface area contributed by atoms with Crippen LogP contribution < -0.4 is 4.90 Å². The topological polar surface area (TPSA) is 69.2 Å². The molecule has 0 amide bonds. The van der Waals surface area contributed by atoms with E-state index in [0.717, 1.165) is 25.3 Å². The minimum absolute atomic E-state index is 0.215. The maximum Gasteiger partial charge on any atom is 0.337 e. The molecule has 0 atom stereocenters. The summed E-state index contributed by atoms with van der Waals surface area (Å²) >= 11 is 0. The summed E-state index contributed by atoms with van der Waals surface area (Å²) in [6, 6.07) is 11.7. The van der Waals surface area contributed by atoms with Crippen molar-refractivity contribution < 1.29 is 9.90 Å². The zero-order chi connectivity index (χ0) is 15.1. The van der Waals surface area contributed by atoms with Crippen molar-refractivity contribution in [2.24, 2.45) is 0 Å². The third kappa shape index (κ3) is 2.02. The predicted octanol–water partition coefficient (Wildman–Crippen LogP) is 2.82. The fraction of sp³-hybridized carbons (Fsp3) is 0.176. The minimum atomic E-state index is -0.949. The van der Waals surface area contributed by atoms with Gasteiger partial charge in [-0.05, 0) is 30.2 Å². The number of hydrogen-bond acceptors (Lipinski definition) is 3. The van der Waals surface area contributed by atoms with Crippen LogP contribution in [0.15, 0.2) is 42.6 Å². The number of aromatic carboxylic acids is 1. The van der Waals surface area contributed by atoms with E-state index in [4.69, 9.17) is 5.11 Å². The van der Waals surface area contributed by atoms with E-state index >= 15 is 0 Å². The van der Waals surface area contributed by atoms with Gasteiger partial charge in [0.25, 0.3) is 0 Å². The van der Waals surface area contributed by atoms with E-state index < -0.39 is 5.97 Å². The molecule has 1 aliphatic rings. The van der Waals surface area contributed by atoms with Gasteiger partial charge in [-0.1, -0.05) is 18.2 Å². The highest BCUT2D eigenvalue weighted by atomic mass is 16.4. The molecular weight excluding hydrogens is 278 g/mol. The summed E-state index contributed by atoms with van der Waals surface area (Å²) in [5.74, 6) is -0.134. The smallest absolute Gasteiger partial charge is 0.337 e. The van der Waals surface area contributed by atoms with Gasteiger partial charge in [0.05, 0.1) is 12.1 Å². The summed E-state index contributed by atoms with van der Waals surface area (Å²) in [5.41, 5.74) is 3.99. The average molecular weight is 293 g/mol. The number of carboxylic acids is 1. The molecule has 5 nitrogen and oxygen atoms in total. The Bertz CT molecular complexity index is 852. The number of hydrogen-bond donors (Lipinski definition) is 2. The molecule has 0 saturated heterocycles. The molecule has 3 aromatic rings. The van der Waals surface area contributed by atoms with E-state index in [9.17, 15) is 4.79 Å². The van der Waals surface area contributed by atoms with E-state index in [2.05, 4.69) is 33.1 Å². The van der Waals surface area contributed by atoms with Crippen LogP contribution >= 0.6 is 0 Å². The quantitative estimate of drug-likeness (QED) is 0.762. The van der Waals surface area contributed by atoms with E-state index in [1.807, 2.05) is 6.07 Å². The van der Waals surface area contributed by atoms with Gasteiger partial charge in [0.1, 0.15) is 5.82 Å². The van der Waals surface area contributed by atoms with Gasteiger partial charge in [-0.2, -0.15) is 0 Å². The molecule has 0 radical (unpaired) electrons. The first-order valence-corrected chi connectivity index (χ1v) is 7.25. The highest BCUT2D eigenvalue weighted by molar-refractivity contribution is 5.87. The lowest BCUT2D eigenvalue weighted by atomic mass is 10.0. The van der Waals surface area contributed by atoms with Crippen molar-refractivity contribution in [2.75, 3.05) is 11.4 Å². The minimum Gasteiger partial charge on any atom is -0.478 e. The second-order valence-electron chi connectivity index (χ2n) is 5.51. The number of H-pyrrole nitrogens is 1. The summed E-state index contributed by atoms with van der Waals surface area (Å²) < 4.78 is 0. The average Bonchev–Trinajstić information content (AvgIpc) is 2.92. The van der Waals surface area contributed by atoms with Crippen molar-refractivity contribution in [3.05, 3.63) is 59.4 Å². The number of nitrogens with one attached hydrogen (secondary N) is 1. The molecule has 2 N–H and O–H groups in total. The normalized spacial score (nSPS) is 14.1. The lowest BCUT2D eigenvalue weighted by Crippen LogP contribution is -2.30. The van der Waals surface area contributed by atoms with E-state index in [-0.39, 0.29) is 5.56 Å². The summed E-state index contributed by atoms with van der Waals surface area (Å²) in [4.78, 5) is 20.8. The Morgan fingerprint density at radius 2 is 2.09 bits per heavy atom. The van der Waals surface area contributed by atoms with Crippen LogP contribution in [0.3, 0.4) is 0 Å². The van der Waals surface area contributed by atoms with Crippen LogP contribution in [0.1, 0.15) is 21.6 Å². The van der Waals surface area contributed by atoms with Crippen LogP contribution in [0, 0.1) is 0 Å². The maximum atomic E-state index is 10.9. The first-order chi connectivity index (χ1) is 10.7. The lowest BCUT2D eigenvalue weighted by Gasteiger charge is -2.28. The molecular formula is C17H15N3O2. The zero-order valence-corrected chi connectivity index (χ0v) is 11.9. The summed E-state index contributed by atoms with van der Waals surface area (Å²) in [6.07, 6.45) is 2.38. The van der Waals surface area contributed by atoms with Gasteiger partial charge in [0.2, 0.25) is 0 Å². The number of aromatic nitrogens is 2. The number of benzene rings is 1. The number of para-hydroxylation sites is 1. The molecule has 0 bridgehead atoms. The predicted molar refractivity (Wildman–Crippen MR) is 84.2 cm³/mol. The largest absolute Gasteiger partial charge is 0.478 e. The van der Waals surface area contributed by atoms with E-state index in [1.54, 1.807) is 12.1 Å². The third-order valence-electron chi connectivity index (χ3n) is 4.20. The third-order valence-corrected chi connectivity index (χ3v) is 4.20. The SMILES string of the molecule is O=C(O)c1ccc(N2CCc3c([nH]c4ccccc34)C2)nc1. The molecule has 1 aromatic carbocycles. The Morgan fingerprint density at radius 3 is 2.86 bits per heavy atom. The Morgan fingerprint density at radius 1 is 1.23 bits per heavy atom. The second kappa shape index (κ2) is 4.87. The van der Waals surface area contributed by atoms with Crippen molar-refractivity contribution in [1.82, 2.24) is 9.97 Å². The number of anilines is 1. The fourth-order valence-corrected chi connectivity index (χ4v) is 3.09. The Hall–Kier alpha value is -2.82. The van der Waals surface area contributed by atoms with E-state index in [1.165, 1.54) is 28.4 Å². The van der Waals surface area contributed by atoms with Crippen molar-refractivity contribution >= 4 is 22.7 Å². The van der Waals surface area contributed by atoms with E-state index in [0.29, 0.717) is 0 Å². The first kappa shape index (κ1) is 12.9. The van der Waals surface area contributed by atoms with Crippen LogP contribution in [0.25, 0.3) is 10.9 Å². The molecule has 0 aliphatic carbocycles. The Balaban J connectivity index is 1.65. The van der Waals surface area contributed by atoms with Gasteiger partial charge >= 0.3 is 5.97 Å². The van der Waals surface area contributed by atoms with Gasteiger partial charge in [-0.3, -0.25) is 0 Å². The molecule has 0 fully saturated rings. The molecule has 22 heavy (non-hydrogen) atoms. The van der Waals surface area contributed by atoms with Crippen LogP contribution in [0.4, 0.5) is 5.82 Å². The highest BCUT2D eigenvalue weighted by Crippen LogP contribution is 2.29. The number of pyridine rings is 1. The van der Waals surface area contributed by atoms with Crippen LogP contribution in [-0.4, -0.2) is 27.6 Å². The molecule has 4 rings (SSSR count). The monoisotopic (exact) mass is 293 g/mol. The van der Waals surface area contributed by atoms with Gasteiger partial charge in [0, 0.05) is 29.3 Å². The molecule has 5 heteroatoms. The summed E-state index contributed by atoms with van der Waals surface area (Å²) in [6.45, 7) is 1.65. The number of carboxylic acid groups (broad SMARTS) is 1. The summed E-state index contributed by atoms with van der Waals surface area (Å²) in [5, 5.41) is 10.2. The van der Waals surface area contributed by atoms with Gasteiger partial charge in [-0.25, -0.2) is 9.78 Å². The van der Waals surface area contributed by atoms with Crippen LogP contribution in [0.5, 0.6) is 0 Å². The second-order valence-corrected chi connectivity index (χ2v) is 5.51. The standard InChI is InChI=1S/C17H15N3O2/c21-17(22)11-5-6-16(18-9-11)20-8-7-13-12-3-1-2-4-14(12)19-15(13)10-20/h1-6,9,19H,7-8,10H2,(H,21,22). The molecule has 2 aromatic heterocycles. The number of rotatable bonds is 2. The Labute approximate surface area is 127 Å². The van der Waals surface area contributed by atoms with Crippen molar-refractivity contribution in [1.29, 1.82) is 0 Å². The van der Waals surface area contributed by atoms with Gasteiger partial charge in [0.15, 0.2) is 0 Å². The van der Waals surface area contributed by atoms with Gasteiger partial charge < -0.3 is 15.0 Å². The van der Waals surface area contributed by atoms with Gasteiger partial charge in [-0.15, -0.1) is 0 Å². The Kier molecular flexibility index (Phi) is 2.85. The maximum absolute atomic E-state index is 10.9. The van der Waals surface area contributed by atoms with Crippen LogP contribution in [-0.2, 0) is 13.0 Å².